The minimum absolute atomic E-state index is 0.0521. The van der Waals surface area contributed by atoms with E-state index in [0.717, 1.165) is 6.42 Å². The number of nitrogens with one attached hydrogen (secondary N) is 1. The lowest BCUT2D eigenvalue weighted by molar-refractivity contribution is -0.141. The number of nitrogens with zero attached hydrogens (tertiary/aromatic N) is 1. The van der Waals surface area contributed by atoms with Crippen LogP contribution in [-0.2, 0) is 9.53 Å². The largest absolute Gasteiger partial charge is 0.481 e. The number of methoxy groups -OCH3 is 1. The van der Waals surface area contributed by atoms with Gasteiger partial charge in [0.2, 0.25) is 0 Å². The molecule has 2 N–H and O–H groups in total. The molecule has 0 rings (SSSR count). The first-order chi connectivity index (χ1) is 9.23. The molecule has 0 aromatic carbocycles. The monoisotopic (exact) mass is 288 g/mol. The molecule has 0 radical (unpaired) electrons. The zero-order valence-corrected chi connectivity index (χ0v) is 13.2. The number of hydrogen-bond acceptors (Lipinski definition) is 3. The summed E-state index contributed by atoms with van der Waals surface area (Å²) in [5.74, 6) is -1.46. The van der Waals surface area contributed by atoms with Gasteiger partial charge in [0.05, 0.1) is 5.92 Å². The molecule has 118 valence electrons. The summed E-state index contributed by atoms with van der Waals surface area (Å²) in [5.41, 5.74) is -0.0521. The molecule has 0 bridgehead atoms. The van der Waals surface area contributed by atoms with E-state index in [0.29, 0.717) is 19.7 Å². The number of carboxylic acids is 1. The van der Waals surface area contributed by atoms with Gasteiger partial charge in [-0.1, -0.05) is 20.8 Å². The zero-order chi connectivity index (χ0) is 15.8. The zero-order valence-electron chi connectivity index (χ0n) is 13.2. The van der Waals surface area contributed by atoms with Gasteiger partial charge in [-0.05, 0) is 18.8 Å². The topological polar surface area (TPSA) is 78.9 Å². The molecule has 1 unspecified atom stereocenters. The Morgan fingerprint density at radius 1 is 1.40 bits per heavy atom. The molecule has 0 spiro atoms. The number of rotatable bonds is 9. The van der Waals surface area contributed by atoms with E-state index in [4.69, 9.17) is 9.84 Å². The smallest absolute Gasteiger partial charge is 0.317 e. The quantitative estimate of drug-likeness (QED) is 0.678. The van der Waals surface area contributed by atoms with Crippen molar-refractivity contribution in [3.63, 3.8) is 0 Å². The van der Waals surface area contributed by atoms with Crippen molar-refractivity contribution in [1.29, 1.82) is 0 Å². The standard InChI is InChI=1S/C14H28N2O4/c1-6-16(9-11(2)12(17)18)13(19)15-10-14(3,4)7-8-20-5/h11H,6-10H2,1-5H3,(H,15,19)(H,17,18). The molecule has 0 aliphatic rings. The van der Waals surface area contributed by atoms with Crippen LogP contribution in [0.3, 0.4) is 0 Å². The highest BCUT2D eigenvalue weighted by atomic mass is 16.5. The Kier molecular flexibility index (Phi) is 8.22. The molecule has 0 heterocycles. The Bertz CT molecular complexity index is 318. The van der Waals surface area contributed by atoms with Gasteiger partial charge in [0.25, 0.3) is 0 Å². The Hall–Kier alpha value is -1.30. The summed E-state index contributed by atoms with van der Waals surface area (Å²) >= 11 is 0. The van der Waals surface area contributed by atoms with E-state index >= 15 is 0 Å². The molecule has 0 aliphatic heterocycles. The Morgan fingerprint density at radius 2 is 2.00 bits per heavy atom. The fourth-order valence-electron chi connectivity index (χ4n) is 1.66. The average Bonchev–Trinajstić information content (AvgIpc) is 2.39. The van der Waals surface area contributed by atoms with E-state index in [1.807, 2.05) is 6.92 Å². The van der Waals surface area contributed by atoms with Crippen molar-refractivity contribution in [1.82, 2.24) is 10.2 Å². The first-order valence-electron chi connectivity index (χ1n) is 6.98. The van der Waals surface area contributed by atoms with Crippen molar-refractivity contribution >= 4 is 12.0 Å². The van der Waals surface area contributed by atoms with Crippen molar-refractivity contribution in [3.05, 3.63) is 0 Å². The van der Waals surface area contributed by atoms with Crippen LogP contribution in [0.4, 0.5) is 4.79 Å². The van der Waals surface area contributed by atoms with Gasteiger partial charge in [0, 0.05) is 33.4 Å². The molecule has 0 aliphatic carbocycles. The maximum absolute atomic E-state index is 12.0. The van der Waals surface area contributed by atoms with Gasteiger partial charge in [-0.3, -0.25) is 4.79 Å². The first-order valence-corrected chi connectivity index (χ1v) is 6.98. The number of urea groups is 1. The van der Waals surface area contributed by atoms with Crippen LogP contribution in [0.1, 0.15) is 34.1 Å². The fraction of sp³-hybridized carbons (Fsp3) is 0.857. The average molecular weight is 288 g/mol. The maximum atomic E-state index is 12.0. The number of aliphatic carboxylic acids is 1. The second-order valence-electron chi connectivity index (χ2n) is 5.84. The van der Waals surface area contributed by atoms with Crippen LogP contribution in [0, 0.1) is 11.3 Å². The number of amides is 2. The van der Waals surface area contributed by atoms with Gasteiger partial charge in [0.1, 0.15) is 0 Å². The van der Waals surface area contributed by atoms with E-state index in [2.05, 4.69) is 19.2 Å². The Labute approximate surface area is 121 Å². The van der Waals surface area contributed by atoms with Crippen molar-refractivity contribution < 1.29 is 19.4 Å². The van der Waals surface area contributed by atoms with Crippen LogP contribution in [0.15, 0.2) is 0 Å². The number of hydrogen-bond donors (Lipinski definition) is 2. The number of ether oxygens (including phenoxy) is 1. The molecule has 0 aromatic rings. The molecular formula is C14H28N2O4. The van der Waals surface area contributed by atoms with Crippen molar-refractivity contribution in [2.24, 2.45) is 11.3 Å². The van der Waals surface area contributed by atoms with Gasteiger partial charge < -0.3 is 20.1 Å². The van der Waals surface area contributed by atoms with E-state index in [9.17, 15) is 9.59 Å². The lowest BCUT2D eigenvalue weighted by atomic mass is 9.90. The molecule has 0 fully saturated rings. The summed E-state index contributed by atoms with van der Waals surface area (Å²) in [7, 11) is 1.65. The second-order valence-corrected chi connectivity index (χ2v) is 5.84. The summed E-state index contributed by atoms with van der Waals surface area (Å²) in [6.45, 7) is 9.44. The highest BCUT2D eigenvalue weighted by molar-refractivity contribution is 5.76. The van der Waals surface area contributed by atoms with Gasteiger partial charge in [-0.15, -0.1) is 0 Å². The maximum Gasteiger partial charge on any atom is 0.317 e. The van der Waals surface area contributed by atoms with E-state index < -0.39 is 11.9 Å². The molecule has 2 amide bonds. The fourth-order valence-corrected chi connectivity index (χ4v) is 1.66. The van der Waals surface area contributed by atoms with Gasteiger partial charge in [0.15, 0.2) is 0 Å². The van der Waals surface area contributed by atoms with Crippen molar-refractivity contribution in [3.8, 4) is 0 Å². The number of carbonyl (C=O) groups is 2. The first kappa shape index (κ1) is 18.7. The van der Waals surface area contributed by atoms with Crippen LogP contribution in [0.25, 0.3) is 0 Å². The lowest BCUT2D eigenvalue weighted by Gasteiger charge is -2.28. The predicted molar refractivity (Wildman–Crippen MR) is 77.7 cm³/mol. The SMILES string of the molecule is CCN(CC(C)C(=O)O)C(=O)NCC(C)(C)CCOC. The van der Waals surface area contributed by atoms with Crippen LogP contribution in [0.2, 0.25) is 0 Å². The summed E-state index contributed by atoms with van der Waals surface area (Å²) in [4.78, 5) is 24.4. The number of carboxylic acid groups (broad SMARTS) is 1. The van der Waals surface area contributed by atoms with Crippen LogP contribution >= 0.6 is 0 Å². The highest BCUT2D eigenvalue weighted by Crippen LogP contribution is 2.18. The molecule has 20 heavy (non-hydrogen) atoms. The molecule has 1 atom stereocenters. The molecule has 0 saturated carbocycles. The Balaban J connectivity index is 4.31. The summed E-state index contributed by atoms with van der Waals surface area (Å²) < 4.78 is 5.04. The van der Waals surface area contributed by atoms with E-state index in [1.54, 1.807) is 14.0 Å². The molecule has 6 heteroatoms. The van der Waals surface area contributed by atoms with Crippen LogP contribution in [-0.4, -0.2) is 55.4 Å². The van der Waals surface area contributed by atoms with Crippen molar-refractivity contribution in [2.45, 2.75) is 34.1 Å². The van der Waals surface area contributed by atoms with Crippen LogP contribution < -0.4 is 5.32 Å². The summed E-state index contributed by atoms with van der Waals surface area (Å²) in [6.07, 6.45) is 0.849. The third-order valence-electron chi connectivity index (χ3n) is 3.29. The lowest BCUT2D eigenvalue weighted by Crippen LogP contribution is -2.46. The normalized spacial score (nSPS) is 12.8. The van der Waals surface area contributed by atoms with Gasteiger partial charge in [-0.25, -0.2) is 4.79 Å². The molecular weight excluding hydrogens is 260 g/mol. The van der Waals surface area contributed by atoms with Gasteiger partial charge >= 0.3 is 12.0 Å². The third-order valence-corrected chi connectivity index (χ3v) is 3.29. The minimum Gasteiger partial charge on any atom is -0.481 e. The second kappa shape index (κ2) is 8.79. The molecule has 6 nitrogen and oxygen atoms in total. The molecule has 0 saturated heterocycles. The third kappa shape index (κ3) is 7.33. The van der Waals surface area contributed by atoms with E-state index in [1.165, 1.54) is 4.90 Å². The van der Waals surface area contributed by atoms with E-state index in [-0.39, 0.29) is 18.0 Å². The predicted octanol–water partition coefficient (Wildman–Crippen LogP) is 1.80. The minimum atomic E-state index is -0.892. The van der Waals surface area contributed by atoms with Crippen molar-refractivity contribution in [2.75, 3.05) is 33.4 Å². The summed E-state index contributed by atoms with van der Waals surface area (Å²) in [6, 6.07) is -0.217. The van der Waals surface area contributed by atoms with Gasteiger partial charge in [-0.2, -0.15) is 0 Å². The highest BCUT2D eigenvalue weighted by Gasteiger charge is 2.22. The molecule has 0 aromatic heterocycles. The summed E-state index contributed by atoms with van der Waals surface area (Å²) in [5, 5.41) is 11.8. The van der Waals surface area contributed by atoms with Crippen LogP contribution in [0.5, 0.6) is 0 Å². The Morgan fingerprint density at radius 3 is 2.45 bits per heavy atom. The number of carbonyl (C=O) groups excluding carboxylic acids is 1.